The van der Waals surface area contributed by atoms with E-state index in [0.717, 1.165) is 12.8 Å². The molecule has 0 unspecified atom stereocenters. The molecule has 0 aliphatic carbocycles. The molecule has 0 aromatic heterocycles. The lowest BCUT2D eigenvalue weighted by Crippen LogP contribution is -2.28. The summed E-state index contributed by atoms with van der Waals surface area (Å²) in [5.74, 6) is -0.580. The Bertz CT molecular complexity index is 194. The lowest BCUT2D eigenvalue weighted by molar-refractivity contribution is -0.158. The lowest BCUT2D eigenvalue weighted by Gasteiger charge is -2.24. The molecule has 0 aromatic rings. The Balaban J connectivity index is 3.96. The van der Waals surface area contributed by atoms with E-state index in [1.54, 1.807) is 0 Å². The van der Waals surface area contributed by atoms with E-state index >= 15 is 0 Å². The van der Waals surface area contributed by atoms with Gasteiger partial charge in [-0.15, -0.1) is 0 Å². The minimum absolute atomic E-state index is 0.118. The fourth-order valence-electron chi connectivity index (χ4n) is 1.20. The van der Waals surface area contributed by atoms with E-state index in [4.69, 9.17) is 4.74 Å². The molecular formula is C10H18O3. The molecule has 76 valence electrons. The maximum atomic E-state index is 11.1. The van der Waals surface area contributed by atoms with Crippen LogP contribution in [-0.2, 0) is 14.3 Å². The minimum Gasteiger partial charge on any atom is -0.459 e. The van der Waals surface area contributed by atoms with Crippen molar-refractivity contribution in [2.75, 3.05) is 0 Å². The summed E-state index contributed by atoms with van der Waals surface area (Å²) in [5, 5.41) is 0. The van der Waals surface area contributed by atoms with Crippen molar-refractivity contribution in [3.05, 3.63) is 0 Å². The Hall–Kier alpha value is -0.860. The fourth-order valence-corrected chi connectivity index (χ4v) is 1.20. The molecule has 0 fully saturated rings. The van der Waals surface area contributed by atoms with Crippen molar-refractivity contribution < 1.29 is 14.3 Å². The maximum Gasteiger partial charge on any atom is 0.313 e. The number of ketones is 1. The molecule has 0 N–H and O–H groups in total. The van der Waals surface area contributed by atoms with Crippen LogP contribution in [0.3, 0.4) is 0 Å². The average molecular weight is 186 g/mol. The van der Waals surface area contributed by atoms with Gasteiger partial charge in [0.25, 0.3) is 0 Å². The molecule has 3 nitrogen and oxygen atoms in total. The smallest absolute Gasteiger partial charge is 0.313 e. The van der Waals surface area contributed by atoms with Gasteiger partial charge in [0.15, 0.2) is 0 Å². The largest absolute Gasteiger partial charge is 0.459 e. The quantitative estimate of drug-likeness (QED) is 0.487. The van der Waals surface area contributed by atoms with Gasteiger partial charge >= 0.3 is 5.97 Å². The van der Waals surface area contributed by atoms with Crippen molar-refractivity contribution in [1.82, 2.24) is 0 Å². The maximum absolute atomic E-state index is 11.1. The van der Waals surface area contributed by atoms with Gasteiger partial charge in [0, 0.05) is 0 Å². The molecular weight excluding hydrogens is 168 g/mol. The second-order valence-electron chi connectivity index (χ2n) is 3.86. The summed E-state index contributed by atoms with van der Waals surface area (Å²) in [5.41, 5.74) is -0.443. The van der Waals surface area contributed by atoms with Crippen LogP contribution in [0.25, 0.3) is 0 Å². The summed E-state index contributed by atoms with van der Waals surface area (Å²) >= 11 is 0. The molecule has 0 bridgehead atoms. The molecule has 0 heterocycles. The Morgan fingerprint density at radius 1 is 1.31 bits per heavy atom. The highest BCUT2D eigenvalue weighted by molar-refractivity contribution is 5.94. The molecule has 0 aliphatic rings. The molecule has 0 aromatic carbocycles. The van der Waals surface area contributed by atoms with Gasteiger partial charge in [0.05, 0.1) is 0 Å². The van der Waals surface area contributed by atoms with Crippen molar-refractivity contribution in [2.24, 2.45) is 0 Å². The second-order valence-corrected chi connectivity index (χ2v) is 3.86. The van der Waals surface area contributed by atoms with Crippen molar-refractivity contribution in [1.29, 1.82) is 0 Å². The third kappa shape index (κ3) is 6.31. The van der Waals surface area contributed by atoms with E-state index in [0.29, 0.717) is 0 Å². The SMILES string of the molecule is CCCC(C)(C)OC(=O)CC(C)=O. The molecule has 13 heavy (non-hydrogen) atoms. The molecule has 0 spiro atoms. The van der Waals surface area contributed by atoms with E-state index in [1.807, 2.05) is 20.8 Å². The van der Waals surface area contributed by atoms with Crippen molar-refractivity contribution in [2.45, 2.75) is 52.6 Å². The first-order chi connectivity index (χ1) is 5.87. The number of ether oxygens (including phenoxy) is 1. The minimum atomic E-state index is -0.443. The zero-order chi connectivity index (χ0) is 10.5. The lowest BCUT2D eigenvalue weighted by atomic mass is 10.0. The summed E-state index contributed by atoms with van der Waals surface area (Å²) in [4.78, 5) is 21.7. The molecule has 0 aliphatic heterocycles. The van der Waals surface area contributed by atoms with Crippen molar-refractivity contribution in [3.8, 4) is 0 Å². The third-order valence-corrected chi connectivity index (χ3v) is 1.64. The van der Waals surface area contributed by atoms with Gasteiger partial charge in [-0.25, -0.2) is 0 Å². The number of carbonyl (C=O) groups excluding carboxylic acids is 2. The summed E-state index contributed by atoms with van der Waals surface area (Å²) in [6.07, 6.45) is 1.66. The van der Waals surface area contributed by atoms with Crippen LogP contribution in [0.4, 0.5) is 0 Å². The second kappa shape index (κ2) is 5.00. The van der Waals surface area contributed by atoms with Gasteiger partial charge in [0.2, 0.25) is 0 Å². The molecule has 0 saturated carbocycles. The van der Waals surface area contributed by atoms with Crippen LogP contribution in [-0.4, -0.2) is 17.4 Å². The summed E-state index contributed by atoms with van der Waals surface area (Å²) in [7, 11) is 0. The molecule has 0 radical (unpaired) electrons. The van der Waals surface area contributed by atoms with Gasteiger partial charge in [-0.1, -0.05) is 13.3 Å². The summed E-state index contributed by atoms with van der Waals surface area (Å²) in [6, 6.07) is 0. The fraction of sp³-hybridized carbons (Fsp3) is 0.800. The van der Waals surface area contributed by atoms with Crippen molar-refractivity contribution in [3.63, 3.8) is 0 Å². The van der Waals surface area contributed by atoms with E-state index < -0.39 is 11.6 Å². The van der Waals surface area contributed by atoms with E-state index in [-0.39, 0.29) is 12.2 Å². The van der Waals surface area contributed by atoms with E-state index in [9.17, 15) is 9.59 Å². The van der Waals surface area contributed by atoms with Crippen LogP contribution in [0.15, 0.2) is 0 Å². The Morgan fingerprint density at radius 2 is 1.85 bits per heavy atom. The first kappa shape index (κ1) is 12.1. The summed E-state index contributed by atoms with van der Waals surface area (Å²) < 4.78 is 5.13. The highest BCUT2D eigenvalue weighted by Gasteiger charge is 2.21. The van der Waals surface area contributed by atoms with E-state index in [2.05, 4.69) is 0 Å². The van der Waals surface area contributed by atoms with Crippen LogP contribution in [0.1, 0.15) is 47.0 Å². The number of hydrogen-bond acceptors (Lipinski definition) is 3. The Labute approximate surface area is 79.5 Å². The first-order valence-electron chi connectivity index (χ1n) is 4.58. The Morgan fingerprint density at radius 3 is 2.23 bits per heavy atom. The molecule has 0 saturated heterocycles. The standard InChI is InChI=1S/C10H18O3/c1-5-6-10(3,4)13-9(12)7-8(2)11/h5-7H2,1-4H3. The zero-order valence-corrected chi connectivity index (χ0v) is 8.85. The number of rotatable bonds is 5. The highest BCUT2D eigenvalue weighted by Crippen LogP contribution is 2.17. The summed E-state index contributed by atoms with van der Waals surface area (Å²) in [6.45, 7) is 7.12. The van der Waals surface area contributed by atoms with Crippen LogP contribution in [0.2, 0.25) is 0 Å². The molecule has 0 rings (SSSR count). The van der Waals surface area contributed by atoms with Crippen LogP contribution in [0.5, 0.6) is 0 Å². The predicted octanol–water partition coefficient (Wildman–Crippen LogP) is 2.09. The number of carbonyl (C=O) groups is 2. The van der Waals surface area contributed by atoms with Gasteiger partial charge in [-0.2, -0.15) is 0 Å². The normalized spacial score (nSPS) is 11.1. The highest BCUT2D eigenvalue weighted by atomic mass is 16.6. The van der Waals surface area contributed by atoms with Crippen molar-refractivity contribution >= 4 is 11.8 Å². The monoisotopic (exact) mass is 186 g/mol. The zero-order valence-electron chi connectivity index (χ0n) is 8.85. The van der Waals surface area contributed by atoms with Gasteiger partial charge in [-0.05, 0) is 27.2 Å². The van der Waals surface area contributed by atoms with Crippen LogP contribution in [0, 0.1) is 0 Å². The van der Waals surface area contributed by atoms with Crippen LogP contribution >= 0.6 is 0 Å². The van der Waals surface area contributed by atoms with Gasteiger partial charge in [0.1, 0.15) is 17.8 Å². The number of Topliss-reactive ketones (excluding diaryl/α,β-unsaturated/α-hetero) is 1. The third-order valence-electron chi connectivity index (χ3n) is 1.64. The Kier molecular flexibility index (Phi) is 4.67. The average Bonchev–Trinajstić information content (AvgIpc) is 1.81. The predicted molar refractivity (Wildman–Crippen MR) is 50.4 cm³/mol. The molecule has 0 atom stereocenters. The first-order valence-corrected chi connectivity index (χ1v) is 4.58. The number of hydrogen-bond donors (Lipinski definition) is 0. The van der Waals surface area contributed by atoms with Crippen LogP contribution < -0.4 is 0 Å². The molecule has 0 amide bonds. The molecule has 3 heteroatoms. The van der Waals surface area contributed by atoms with Gasteiger partial charge in [-0.3, -0.25) is 9.59 Å². The number of esters is 1. The topological polar surface area (TPSA) is 43.4 Å². The van der Waals surface area contributed by atoms with E-state index in [1.165, 1.54) is 6.92 Å². The van der Waals surface area contributed by atoms with Gasteiger partial charge < -0.3 is 4.74 Å².